The van der Waals surface area contributed by atoms with Gasteiger partial charge in [-0.05, 0) is 43.9 Å². The first-order chi connectivity index (χ1) is 9.20. The van der Waals surface area contributed by atoms with Gasteiger partial charge in [0.1, 0.15) is 0 Å². The summed E-state index contributed by atoms with van der Waals surface area (Å²) in [7, 11) is 0. The molecule has 0 atom stereocenters. The van der Waals surface area contributed by atoms with E-state index < -0.39 is 0 Å². The number of hydrogen-bond acceptors (Lipinski definition) is 4. The number of esters is 1. The van der Waals surface area contributed by atoms with E-state index in [1.807, 2.05) is 0 Å². The van der Waals surface area contributed by atoms with Gasteiger partial charge in [0.15, 0.2) is 0 Å². The summed E-state index contributed by atoms with van der Waals surface area (Å²) >= 11 is 0. The van der Waals surface area contributed by atoms with Gasteiger partial charge in [0.2, 0.25) is 0 Å². The largest absolute Gasteiger partial charge is 0.462 e. The molecule has 1 saturated carbocycles. The molecule has 1 aliphatic carbocycles. The van der Waals surface area contributed by atoms with Crippen LogP contribution < -0.4 is 11.1 Å². The van der Waals surface area contributed by atoms with Gasteiger partial charge in [0.05, 0.1) is 23.5 Å². The summed E-state index contributed by atoms with van der Waals surface area (Å²) in [4.78, 5) is 11.7. The molecule has 0 bridgehead atoms. The van der Waals surface area contributed by atoms with Crippen LogP contribution in [0.25, 0.3) is 0 Å². The SMILES string of the molecule is CCOC(=O)c1ccc(N)c(NCC2CCCC2)c1. The Hall–Kier alpha value is -1.71. The van der Waals surface area contributed by atoms with Crippen LogP contribution in [0, 0.1) is 5.92 Å². The molecule has 19 heavy (non-hydrogen) atoms. The monoisotopic (exact) mass is 262 g/mol. The molecule has 1 aliphatic rings. The van der Waals surface area contributed by atoms with Crippen LogP contribution in [0.1, 0.15) is 43.0 Å². The molecule has 0 unspecified atom stereocenters. The molecule has 1 fully saturated rings. The third-order valence-corrected chi connectivity index (χ3v) is 3.62. The molecule has 0 spiro atoms. The van der Waals surface area contributed by atoms with Crippen LogP contribution in [0.5, 0.6) is 0 Å². The molecule has 0 saturated heterocycles. The average molecular weight is 262 g/mol. The summed E-state index contributed by atoms with van der Waals surface area (Å²) in [5.74, 6) is 0.428. The van der Waals surface area contributed by atoms with Crippen molar-refractivity contribution >= 4 is 17.3 Å². The van der Waals surface area contributed by atoms with Gasteiger partial charge in [0, 0.05) is 6.54 Å². The van der Waals surface area contributed by atoms with Gasteiger partial charge in [-0.15, -0.1) is 0 Å². The van der Waals surface area contributed by atoms with Gasteiger partial charge in [-0.2, -0.15) is 0 Å². The van der Waals surface area contributed by atoms with Crippen molar-refractivity contribution in [3.63, 3.8) is 0 Å². The number of ether oxygens (including phenoxy) is 1. The molecule has 0 heterocycles. The summed E-state index contributed by atoms with van der Waals surface area (Å²) in [5.41, 5.74) is 7.98. The molecule has 0 aromatic heterocycles. The first-order valence-electron chi connectivity index (χ1n) is 7.01. The third-order valence-electron chi connectivity index (χ3n) is 3.62. The van der Waals surface area contributed by atoms with E-state index in [-0.39, 0.29) is 5.97 Å². The Morgan fingerprint density at radius 1 is 1.42 bits per heavy atom. The Morgan fingerprint density at radius 2 is 2.16 bits per heavy atom. The lowest BCUT2D eigenvalue weighted by atomic mass is 10.1. The van der Waals surface area contributed by atoms with E-state index in [2.05, 4.69) is 5.32 Å². The van der Waals surface area contributed by atoms with Crippen LogP contribution in [0.3, 0.4) is 0 Å². The Morgan fingerprint density at radius 3 is 2.84 bits per heavy atom. The third kappa shape index (κ3) is 3.63. The van der Waals surface area contributed by atoms with E-state index in [9.17, 15) is 4.79 Å². The van der Waals surface area contributed by atoms with E-state index >= 15 is 0 Å². The van der Waals surface area contributed by atoms with E-state index in [0.29, 0.717) is 17.9 Å². The van der Waals surface area contributed by atoms with Gasteiger partial charge >= 0.3 is 5.97 Å². The summed E-state index contributed by atoms with van der Waals surface area (Å²) in [6, 6.07) is 5.24. The first-order valence-corrected chi connectivity index (χ1v) is 7.01. The molecular formula is C15H22N2O2. The molecule has 0 aliphatic heterocycles. The zero-order valence-electron chi connectivity index (χ0n) is 11.4. The molecule has 0 radical (unpaired) electrons. The molecule has 4 nitrogen and oxygen atoms in total. The van der Waals surface area contributed by atoms with Gasteiger partial charge < -0.3 is 15.8 Å². The standard InChI is InChI=1S/C15H22N2O2/c1-2-19-15(18)12-7-8-13(16)14(9-12)17-10-11-5-3-4-6-11/h7-9,11,17H,2-6,10,16H2,1H3. The van der Waals surface area contributed by atoms with Crippen LogP contribution in [0.15, 0.2) is 18.2 Å². The quantitative estimate of drug-likeness (QED) is 0.632. The van der Waals surface area contributed by atoms with Gasteiger partial charge in [-0.25, -0.2) is 4.79 Å². The molecule has 104 valence electrons. The molecule has 1 aromatic rings. The van der Waals surface area contributed by atoms with E-state index in [1.165, 1.54) is 25.7 Å². The number of benzene rings is 1. The lowest BCUT2D eigenvalue weighted by Gasteiger charge is -2.14. The van der Waals surface area contributed by atoms with Crippen molar-refractivity contribution in [2.24, 2.45) is 5.92 Å². The van der Waals surface area contributed by atoms with Crippen molar-refractivity contribution in [2.75, 3.05) is 24.2 Å². The van der Waals surface area contributed by atoms with Crippen LogP contribution in [-0.2, 0) is 4.74 Å². The maximum Gasteiger partial charge on any atom is 0.338 e. The summed E-state index contributed by atoms with van der Waals surface area (Å²) in [6.07, 6.45) is 5.21. The molecule has 2 rings (SSSR count). The average Bonchev–Trinajstić information content (AvgIpc) is 2.91. The Balaban J connectivity index is 2.01. The lowest BCUT2D eigenvalue weighted by molar-refractivity contribution is 0.0526. The van der Waals surface area contributed by atoms with Crippen LogP contribution in [-0.4, -0.2) is 19.1 Å². The maximum atomic E-state index is 11.7. The maximum absolute atomic E-state index is 11.7. The van der Waals surface area contributed by atoms with Crippen molar-refractivity contribution in [3.8, 4) is 0 Å². The number of nitrogens with one attached hydrogen (secondary N) is 1. The second-order valence-electron chi connectivity index (χ2n) is 5.05. The number of carbonyl (C=O) groups is 1. The van der Waals surface area contributed by atoms with Crippen molar-refractivity contribution in [1.82, 2.24) is 0 Å². The predicted molar refractivity (Wildman–Crippen MR) is 77.3 cm³/mol. The minimum atomic E-state index is -0.300. The fourth-order valence-electron chi connectivity index (χ4n) is 2.52. The zero-order valence-corrected chi connectivity index (χ0v) is 11.4. The van der Waals surface area contributed by atoms with Gasteiger partial charge in [0.25, 0.3) is 0 Å². The highest BCUT2D eigenvalue weighted by molar-refractivity contribution is 5.92. The van der Waals surface area contributed by atoms with Crippen LogP contribution in [0.2, 0.25) is 0 Å². The summed E-state index contributed by atoms with van der Waals surface area (Å²) < 4.78 is 4.99. The predicted octanol–water partition coefficient (Wildman–Crippen LogP) is 3.05. The fourth-order valence-corrected chi connectivity index (χ4v) is 2.52. The molecular weight excluding hydrogens is 240 g/mol. The number of nitrogen functional groups attached to an aromatic ring is 1. The number of nitrogens with two attached hydrogens (primary N) is 1. The van der Waals surface area contributed by atoms with Crippen LogP contribution in [0.4, 0.5) is 11.4 Å². The Labute approximate surface area is 114 Å². The number of anilines is 2. The molecule has 4 heteroatoms. The normalized spacial score (nSPS) is 15.4. The summed E-state index contributed by atoms with van der Waals surface area (Å²) in [6.45, 7) is 3.11. The fraction of sp³-hybridized carbons (Fsp3) is 0.533. The minimum Gasteiger partial charge on any atom is -0.462 e. The Kier molecular flexibility index (Phi) is 4.66. The van der Waals surface area contributed by atoms with Gasteiger partial charge in [-0.3, -0.25) is 0 Å². The molecule has 1 aromatic carbocycles. The van der Waals surface area contributed by atoms with Crippen molar-refractivity contribution in [2.45, 2.75) is 32.6 Å². The first kappa shape index (κ1) is 13.7. The lowest BCUT2D eigenvalue weighted by Crippen LogP contribution is -2.13. The second kappa shape index (κ2) is 6.45. The van der Waals surface area contributed by atoms with Crippen molar-refractivity contribution < 1.29 is 9.53 Å². The molecule has 0 amide bonds. The van der Waals surface area contributed by atoms with E-state index in [1.54, 1.807) is 25.1 Å². The highest BCUT2D eigenvalue weighted by Gasteiger charge is 2.15. The van der Waals surface area contributed by atoms with Gasteiger partial charge in [-0.1, -0.05) is 12.8 Å². The Bertz CT molecular complexity index is 440. The zero-order chi connectivity index (χ0) is 13.7. The summed E-state index contributed by atoms with van der Waals surface area (Å²) in [5, 5.41) is 3.36. The number of hydrogen-bond donors (Lipinski definition) is 2. The minimum absolute atomic E-state index is 0.300. The van der Waals surface area contributed by atoms with Crippen molar-refractivity contribution in [3.05, 3.63) is 23.8 Å². The number of rotatable bonds is 5. The second-order valence-corrected chi connectivity index (χ2v) is 5.05. The highest BCUT2D eigenvalue weighted by Crippen LogP contribution is 2.26. The number of carbonyl (C=O) groups excluding carboxylic acids is 1. The van der Waals surface area contributed by atoms with E-state index in [4.69, 9.17) is 10.5 Å². The van der Waals surface area contributed by atoms with Crippen LogP contribution >= 0.6 is 0 Å². The highest BCUT2D eigenvalue weighted by atomic mass is 16.5. The van der Waals surface area contributed by atoms with E-state index in [0.717, 1.165) is 18.2 Å². The van der Waals surface area contributed by atoms with Crippen molar-refractivity contribution in [1.29, 1.82) is 0 Å². The molecule has 3 N–H and O–H groups in total. The topological polar surface area (TPSA) is 64.3 Å². The smallest absolute Gasteiger partial charge is 0.338 e.